The SMILES string of the molecule is CCCCCCCCCCC(O)CN1CCN(CC(=O)OC(C)(C)C)CCN(CC(=O)OC(C)(C)C)CCN(CC(=O)OC(C)(C)C)CC1. The van der Waals surface area contributed by atoms with Gasteiger partial charge in [-0.3, -0.25) is 34.0 Å². The molecule has 1 fully saturated rings. The highest BCUT2D eigenvalue weighted by atomic mass is 16.6. The Morgan fingerprint density at radius 2 is 0.796 bits per heavy atom. The summed E-state index contributed by atoms with van der Waals surface area (Å²) < 4.78 is 16.9. The van der Waals surface area contributed by atoms with Crippen LogP contribution in [0.2, 0.25) is 0 Å². The van der Waals surface area contributed by atoms with Crippen LogP contribution in [0.3, 0.4) is 0 Å². The summed E-state index contributed by atoms with van der Waals surface area (Å²) in [6.45, 7) is 24.5. The van der Waals surface area contributed by atoms with Crippen LogP contribution in [0.4, 0.5) is 0 Å². The van der Waals surface area contributed by atoms with Gasteiger partial charge in [-0.2, -0.15) is 0 Å². The number of β-amino-alcohol motifs (C(OH)–C–C–N with tert-alkyl or cyclic N) is 1. The maximum absolute atomic E-state index is 12.9. The normalized spacial score (nSPS) is 17.9. The molecule has 0 aromatic rings. The number of esters is 3. The van der Waals surface area contributed by atoms with Gasteiger partial charge in [0.15, 0.2) is 0 Å². The van der Waals surface area contributed by atoms with Crippen molar-refractivity contribution in [3.05, 3.63) is 0 Å². The van der Waals surface area contributed by atoms with Crippen LogP contribution in [0.25, 0.3) is 0 Å². The first kappa shape index (κ1) is 45.2. The average molecular weight is 699 g/mol. The molecule has 0 aromatic heterocycles. The van der Waals surface area contributed by atoms with E-state index in [2.05, 4.69) is 21.6 Å². The van der Waals surface area contributed by atoms with Crippen LogP contribution in [0.5, 0.6) is 0 Å². The maximum atomic E-state index is 12.9. The molecule has 1 rings (SSSR count). The fourth-order valence-corrected chi connectivity index (χ4v) is 5.81. The molecular weight excluding hydrogens is 624 g/mol. The molecular formula is C38H74N4O7. The predicted molar refractivity (Wildman–Crippen MR) is 197 cm³/mol. The lowest BCUT2D eigenvalue weighted by molar-refractivity contribution is -0.158. The van der Waals surface area contributed by atoms with Crippen molar-refractivity contribution in [2.75, 3.05) is 78.5 Å². The van der Waals surface area contributed by atoms with Gasteiger partial charge in [-0.15, -0.1) is 0 Å². The first-order valence-electron chi connectivity index (χ1n) is 19.0. The average Bonchev–Trinajstić information content (AvgIpc) is 2.92. The number of carbonyl (C=O) groups is 3. The summed E-state index contributed by atoms with van der Waals surface area (Å²) in [4.78, 5) is 47.1. The minimum atomic E-state index is -0.600. The van der Waals surface area contributed by atoms with Crippen LogP contribution in [0, 0.1) is 0 Å². The quantitative estimate of drug-likeness (QED) is 0.124. The van der Waals surface area contributed by atoms with Crippen molar-refractivity contribution < 1.29 is 33.7 Å². The summed E-state index contributed by atoms with van der Waals surface area (Å²) in [7, 11) is 0. The molecule has 1 N–H and O–H groups in total. The number of hydrogen-bond donors (Lipinski definition) is 1. The Labute approximate surface area is 299 Å². The van der Waals surface area contributed by atoms with Gasteiger partial charge < -0.3 is 19.3 Å². The Morgan fingerprint density at radius 3 is 1.10 bits per heavy atom. The topological polar surface area (TPSA) is 112 Å². The van der Waals surface area contributed by atoms with E-state index in [1.165, 1.54) is 38.5 Å². The zero-order valence-corrected chi connectivity index (χ0v) is 33.1. The molecule has 0 aliphatic carbocycles. The molecule has 0 amide bonds. The zero-order valence-electron chi connectivity index (χ0n) is 33.1. The Kier molecular flexibility index (Phi) is 21.1. The van der Waals surface area contributed by atoms with Crippen molar-refractivity contribution in [2.24, 2.45) is 0 Å². The molecule has 11 nitrogen and oxygen atoms in total. The fraction of sp³-hybridized carbons (Fsp3) is 0.921. The van der Waals surface area contributed by atoms with Crippen molar-refractivity contribution in [3.63, 3.8) is 0 Å². The van der Waals surface area contributed by atoms with Crippen molar-refractivity contribution in [1.29, 1.82) is 0 Å². The van der Waals surface area contributed by atoms with Crippen LogP contribution >= 0.6 is 0 Å². The Bertz CT molecular complexity index is 896. The number of aliphatic hydroxyl groups is 1. The van der Waals surface area contributed by atoms with Crippen LogP contribution in [0.1, 0.15) is 127 Å². The van der Waals surface area contributed by atoms with E-state index in [1.54, 1.807) is 0 Å². The summed E-state index contributed by atoms with van der Waals surface area (Å²) >= 11 is 0. The Morgan fingerprint density at radius 1 is 0.510 bits per heavy atom. The van der Waals surface area contributed by atoms with Crippen LogP contribution in [-0.2, 0) is 28.6 Å². The van der Waals surface area contributed by atoms with E-state index in [-0.39, 0.29) is 37.5 Å². The van der Waals surface area contributed by atoms with E-state index in [0.29, 0.717) is 58.9 Å². The summed E-state index contributed by atoms with van der Waals surface area (Å²) in [5.41, 5.74) is -1.78. The molecule has 0 bridgehead atoms. The van der Waals surface area contributed by atoms with Gasteiger partial charge in [0.1, 0.15) is 16.8 Å². The number of nitrogens with zero attached hydrogens (tertiary/aromatic N) is 4. The van der Waals surface area contributed by atoms with Gasteiger partial charge >= 0.3 is 17.9 Å². The van der Waals surface area contributed by atoms with E-state index >= 15 is 0 Å². The zero-order chi connectivity index (χ0) is 37.1. The first-order valence-corrected chi connectivity index (χ1v) is 19.0. The van der Waals surface area contributed by atoms with Gasteiger partial charge in [0.2, 0.25) is 0 Å². The number of rotatable bonds is 17. The Balaban J connectivity index is 3.08. The van der Waals surface area contributed by atoms with E-state index in [1.807, 2.05) is 67.2 Å². The monoisotopic (exact) mass is 699 g/mol. The van der Waals surface area contributed by atoms with Crippen molar-refractivity contribution >= 4 is 17.9 Å². The van der Waals surface area contributed by atoms with Crippen molar-refractivity contribution in [2.45, 2.75) is 150 Å². The highest BCUT2D eigenvalue weighted by Gasteiger charge is 2.26. The molecule has 0 saturated carbocycles. The molecule has 1 heterocycles. The van der Waals surface area contributed by atoms with Gasteiger partial charge in [0.05, 0.1) is 25.7 Å². The van der Waals surface area contributed by atoms with Crippen LogP contribution in [-0.4, -0.2) is 144 Å². The van der Waals surface area contributed by atoms with Gasteiger partial charge in [-0.25, -0.2) is 0 Å². The molecule has 49 heavy (non-hydrogen) atoms. The lowest BCUT2D eigenvalue weighted by Crippen LogP contribution is -2.50. The summed E-state index contributed by atoms with van der Waals surface area (Å²) in [5.74, 6) is -0.889. The van der Waals surface area contributed by atoms with Gasteiger partial charge in [0, 0.05) is 58.9 Å². The van der Waals surface area contributed by atoms with E-state index in [4.69, 9.17) is 14.2 Å². The largest absolute Gasteiger partial charge is 0.459 e. The third-order valence-corrected chi connectivity index (χ3v) is 8.11. The molecule has 0 spiro atoms. The summed E-state index contributed by atoms with van der Waals surface area (Å²) in [5, 5.41) is 11.1. The highest BCUT2D eigenvalue weighted by molar-refractivity contribution is 5.73. The number of aliphatic hydroxyl groups excluding tert-OH is 1. The van der Waals surface area contributed by atoms with E-state index in [9.17, 15) is 19.5 Å². The number of hydrogen-bond acceptors (Lipinski definition) is 11. The molecule has 1 atom stereocenters. The third-order valence-electron chi connectivity index (χ3n) is 8.11. The molecule has 0 radical (unpaired) electrons. The van der Waals surface area contributed by atoms with Crippen molar-refractivity contribution in [3.8, 4) is 0 Å². The maximum Gasteiger partial charge on any atom is 0.320 e. The molecule has 1 saturated heterocycles. The van der Waals surface area contributed by atoms with Crippen LogP contribution in [0.15, 0.2) is 0 Å². The van der Waals surface area contributed by atoms with Crippen molar-refractivity contribution in [1.82, 2.24) is 19.6 Å². The minimum Gasteiger partial charge on any atom is -0.459 e. The second-order valence-electron chi connectivity index (χ2n) is 16.8. The second-order valence-corrected chi connectivity index (χ2v) is 16.8. The number of unbranched alkanes of at least 4 members (excludes halogenated alkanes) is 7. The number of carbonyl (C=O) groups excluding carboxylic acids is 3. The smallest absolute Gasteiger partial charge is 0.320 e. The predicted octanol–water partition coefficient (Wildman–Crippen LogP) is 5.12. The highest BCUT2D eigenvalue weighted by Crippen LogP contribution is 2.14. The summed E-state index contributed by atoms with van der Waals surface area (Å²) in [6.07, 6.45) is 10.1. The van der Waals surface area contributed by atoms with E-state index in [0.717, 1.165) is 19.3 Å². The summed E-state index contributed by atoms with van der Waals surface area (Å²) in [6, 6.07) is 0. The molecule has 288 valence electrons. The minimum absolute atomic E-state index is 0.106. The molecule has 1 unspecified atom stereocenters. The van der Waals surface area contributed by atoms with Crippen LogP contribution < -0.4 is 0 Å². The molecule has 1 aliphatic rings. The van der Waals surface area contributed by atoms with E-state index < -0.39 is 22.9 Å². The molecule has 1 aliphatic heterocycles. The number of ether oxygens (including phenoxy) is 3. The van der Waals surface area contributed by atoms with Gasteiger partial charge in [-0.1, -0.05) is 58.3 Å². The second kappa shape index (κ2) is 22.9. The standard InChI is InChI=1S/C38H74N4O7/c1-11-12-13-14-15-16-17-18-19-32(43)28-39-20-22-40(29-33(44)47-36(2,3)4)24-26-42(31-35(46)49-38(8,9)10)27-25-41(23-21-39)30-34(45)48-37(5,6)7/h32,43H,11-31H2,1-10H3. The van der Waals surface area contributed by atoms with Gasteiger partial charge in [-0.05, 0) is 68.7 Å². The lowest BCUT2D eigenvalue weighted by atomic mass is 10.1. The Hall–Kier alpha value is -1.79. The third kappa shape index (κ3) is 25.8. The lowest BCUT2D eigenvalue weighted by Gasteiger charge is -2.35. The molecule has 11 heteroatoms. The first-order chi connectivity index (χ1) is 22.7. The van der Waals surface area contributed by atoms with Gasteiger partial charge in [0.25, 0.3) is 0 Å². The molecule has 0 aromatic carbocycles. The fourth-order valence-electron chi connectivity index (χ4n) is 5.81.